The molecule has 0 aromatic carbocycles. The van der Waals surface area contributed by atoms with E-state index in [1.165, 1.54) is 38.5 Å². The lowest BCUT2D eigenvalue weighted by molar-refractivity contribution is -0.305. The molecule has 1 amide bonds. The van der Waals surface area contributed by atoms with Crippen LogP contribution in [0.25, 0.3) is 0 Å². The van der Waals surface area contributed by atoms with Gasteiger partial charge < -0.3 is 45.1 Å². The molecule has 1 saturated heterocycles. The van der Waals surface area contributed by atoms with Crippen LogP contribution in [0.3, 0.4) is 0 Å². The van der Waals surface area contributed by atoms with Crippen LogP contribution in [0.1, 0.15) is 188 Å². The summed E-state index contributed by atoms with van der Waals surface area (Å²) < 4.78 is 17.5. The Labute approximate surface area is 412 Å². The first-order valence-corrected chi connectivity index (χ1v) is 26.6. The van der Waals surface area contributed by atoms with E-state index < -0.39 is 67.4 Å². The van der Waals surface area contributed by atoms with Crippen molar-refractivity contribution in [2.75, 3.05) is 13.2 Å². The van der Waals surface area contributed by atoms with Gasteiger partial charge in [0.1, 0.15) is 24.4 Å². The molecule has 0 aliphatic carbocycles. The predicted molar refractivity (Wildman–Crippen MR) is 278 cm³/mol. The first-order chi connectivity index (χ1) is 33.2. The van der Waals surface area contributed by atoms with Crippen molar-refractivity contribution < 1.29 is 49.3 Å². The number of unbranched alkanes of at least 4 members (excludes halogenated alkanes) is 17. The van der Waals surface area contributed by atoms with Crippen molar-refractivity contribution in [2.24, 2.45) is 0 Å². The largest absolute Gasteiger partial charge is 0.454 e. The number of aliphatic hydroxyl groups excluding tert-OH is 5. The maximum Gasteiger partial charge on any atom is 0.306 e. The lowest BCUT2D eigenvalue weighted by Gasteiger charge is -2.41. The molecular weight excluding hydrogens is 859 g/mol. The number of hydrogen-bond acceptors (Lipinski definition) is 10. The van der Waals surface area contributed by atoms with Crippen LogP contribution >= 0.6 is 0 Å². The Morgan fingerprint density at radius 3 is 1.76 bits per heavy atom. The second-order valence-corrected chi connectivity index (χ2v) is 17.9. The molecule has 68 heavy (non-hydrogen) atoms. The number of carbonyl (C=O) groups excluding carboxylic acids is 2. The van der Waals surface area contributed by atoms with E-state index in [9.17, 15) is 35.1 Å². The highest BCUT2D eigenvalue weighted by atomic mass is 16.7. The van der Waals surface area contributed by atoms with Gasteiger partial charge in [-0.1, -0.05) is 201 Å². The summed E-state index contributed by atoms with van der Waals surface area (Å²) in [5.74, 6) is -1.25. The van der Waals surface area contributed by atoms with Crippen molar-refractivity contribution in [1.29, 1.82) is 0 Å². The third-order valence-corrected chi connectivity index (χ3v) is 11.8. The number of ether oxygens (including phenoxy) is 3. The van der Waals surface area contributed by atoms with Crippen molar-refractivity contribution >= 4 is 11.9 Å². The molecule has 0 aromatic heterocycles. The molecule has 0 aromatic rings. The van der Waals surface area contributed by atoms with Gasteiger partial charge in [-0.3, -0.25) is 9.59 Å². The van der Waals surface area contributed by atoms with Crippen LogP contribution < -0.4 is 5.32 Å². The Bertz CT molecular complexity index is 1470. The third kappa shape index (κ3) is 33.2. The summed E-state index contributed by atoms with van der Waals surface area (Å²) in [5.41, 5.74) is 0. The first kappa shape index (κ1) is 62.6. The molecule has 1 rings (SSSR count). The first-order valence-electron chi connectivity index (χ1n) is 26.6. The monoisotopic (exact) mass is 954 g/mol. The molecule has 1 aliphatic heterocycles. The summed E-state index contributed by atoms with van der Waals surface area (Å²) in [7, 11) is 0. The topological polar surface area (TPSA) is 175 Å². The standard InChI is InChI=1S/C57H95NO10/c1-4-7-10-13-16-19-22-24-25-27-30-33-36-39-42-45-52(62)68-55-54(64)53(63)51(46-59)67-57(55)66-47-48(49(60)43-40-37-34-31-28-21-18-15-12-9-6-3)58-56(65)50(61)44-41-38-35-32-29-26-23-20-17-14-11-8-5-2/h7-8,10-11,13,16-17,19-20,22,24-26,29,40,43,48-51,53-55,57,59-61,63-64H,4-6,9,12,14-15,18,21,23,27-28,30-39,41-42,44-47H2,1-3H3,(H,58,65)/b10-7+,11-8+,16-13+,20-17+,22-19+,25-24-,29-26+,43-40+. The minimum atomic E-state index is -1.63. The predicted octanol–water partition coefficient (Wildman–Crippen LogP) is 11.2. The van der Waals surface area contributed by atoms with Crippen molar-refractivity contribution in [3.63, 3.8) is 0 Å². The van der Waals surface area contributed by atoms with Gasteiger partial charge in [-0.15, -0.1) is 0 Å². The molecule has 0 spiro atoms. The second kappa shape index (κ2) is 44.8. The molecular formula is C57H95NO10. The number of allylic oxidation sites excluding steroid dienone is 15. The van der Waals surface area contributed by atoms with Crippen molar-refractivity contribution in [3.05, 3.63) is 97.2 Å². The fraction of sp³-hybridized carbons (Fsp3) is 0.684. The minimum absolute atomic E-state index is 0.0892. The van der Waals surface area contributed by atoms with Gasteiger partial charge in [-0.2, -0.15) is 0 Å². The molecule has 11 heteroatoms. The minimum Gasteiger partial charge on any atom is -0.454 e. The van der Waals surface area contributed by atoms with Gasteiger partial charge in [0.05, 0.1) is 25.4 Å². The fourth-order valence-electron chi connectivity index (χ4n) is 7.61. The summed E-state index contributed by atoms with van der Waals surface area (Å²) >= 11 is 0. The average Bonchev–Trinajstić information content (AvgIpc) is 3.33. The highest BCUT2D eigenvalue weighted by Gasteiger charge is 2.47. The van der Waals surface area contributed by atoms with Gasteiger partial charge in [0.25, 0.3) is 0 Å². The summed E-state index contributed by atoms with van der Waals surface area (Å²) in [6.45, 7) is 5.45. The maximum atomic E-state index is 13.3. The van der Waals surface area contributed by atoms with E-state index in [-0.39, 0.29) is 19.4 Å². The number of amides is 1. The molecule has 0 saturated carbocycles. The SMILES string of the molecule is CC/C=C/C=C/C=C/C=C\CCCCCCCC(=O)OC1C(OCC(NC(=O)C(O)CCCCC/C=C/C/C=C/C/C=C/CC)C(O)/C=C/CCCCCCCCCCC)OC(CO)C(O)C1O. The Morgan fingerprint density at radius 1 is 0.603 bits per heavy atom. The normalized spacial score (nSPS) is 20.7. The highest BCUT2D eigenvalue weighted by molar-refractivity contribution is 5.80. The third-order valence-electron chi connectivity index (χ3n) is 11.8. The lowest BCUT2D eigenvalue weighted by atomic mass is 9.99. The lowest BCUT2D eigenvalue weighted by Crippen LogP contribution is -2.61. The Hall–Kier alpha value is -3.42. The molecule has 0 radical (unpaired) electrons. The number of aliphatic hydroxyl groups is 5. The summed E-state index contributed by atoms with van der Waals surface area (Å²) in [6.07, 6.45) is 47.4. The van der Waals surface area contributed by atoms with Gasteiger partial charge in [0.15, 0.2) is 12.4 Å². The molecule has 1 fully saturated rings. The molecule has 1 heterocycles. The zero-order valence-corrected chi connectivity index (χ0v) is 42.4. The number of nitrogens with one attached hydrogen (secondary N) is 1. The van der Waals surface area contributed by atoms with Crippen LogP contribution in [-0.4, -0.2) is 99.6 Å². The van der Waals surface area contributed by atoms with Crippen LogP contribution in [0.4, 0.5) is 0 Å². The van der Waals surface area contributed by atoms with E-state index >= 15 is 0 Å². The van der Waals surface area contributed by atoms with Crippen LogP contribution in [-0.2, 0) is 23.8 Å². The zero-order chi connectivity index (χ0) is 49.7. The molecule has 8 atom stereocenters. The van der Waals surface area contributed by atoms with E-state index in [1.54, 1.807) is 6.08 Å². The second-order valence-electron chi connectivity index (χ2n) is 17.9. The van der Waals surface area contributed by atoms with Crippen LogP contribution in [0.15, 0.2) is 97.2 Å². The fourth-order valence-corrected chi connectivity index (χ4v) is 7.61. The molecule has 388 valence electrons. The molecule has 8 unspecified atom stereocenters. The number of carbonyl (C=O) groups is 2. The quantitative estimate of drug-likeness (QED) is 0.0150. The van der Waals surface area contributed by atoms with Gasteiger partial charge in [0, 0.05) is 6.42 Å². The van der Waals surface area contributed by atoms with E-state index in [0.717, 1.165) is 103 Å². The van der Waals surface area contributed by atoms with Gasteiger partial charge >= 0.3 is 5.97 Å². The van der Waals surface area contributed by atoms with Crippen molar-refractivity contribution in [2.45, 2.75) is 237 Å². The summed E-state index contributed by atoms with van der Waals surface area (Å²) in [4.78, 5) is 26.4. The average molecular weight is 954 g/mol. The van der Waals surface area contributed by atoms with E-state index in [0.29, 0.717) is 12.8 Å². The summed E-state index contributed by atoms with van der Waals surface area (Å²) in [5, 5.41) is 56.6. The molecule has 1 aliphatic rings. The molecule has 11 nitrogen and oxygen atoms in total. The highest BCUT2D eigenvalue weighted by Crippen LogP contribution is 2.26. The van der Waals surface area contributed by atoms with E-state index in [2.05, 4.69) is 74.7 Å². The van der Waals surface area contributed by atoms with Gasteiger partial charge in [0.2, 0.25) is 5.91 Å². The smallest absolute Gasteiger partial charge is 0.306 e. The van der Waals surface area contributed by atoms with E-state index in [4.69, 9.17) is 14.2 Å². The van der Waals surface area contributed by atoms with Gasteiger partial charge in [-0.05, 0) is 77.0 Å². The van der Waals surface area contributed by atoms with Gasteiger partial charge in [-0.25, -0.2) is 0 Å². The Morgan fingerprint density at radius 2 is 1.13 bits per heavy atom. The number of hydrogen-bond donors (Lipinski definition) is 6. The maximum absolute atomic E-state index is 13.3. The van der Waals surface area contributed by atoms with E-state index in [1.807, 2.05) is 42.5 Å². The van der Waals surface area contributed by atoms with Crippen molar-refractivity contribution in [1.82, 2.24) is 5.32 Å². The van der Waals surface area contributed by atoms with Crippen LogP contribution in [0.5, 0.6) is 0 Å². The van der Waals surface area contributed by atoms with Crippen LogP contribution in [0.2, 0.25) is 0 Å². The Balaban J connectivity index is 2.80. The molecule has 0 bridgehead atoms. The Kier molecular flexibility index (Phi) is 41.2. The number of rotatable bonds is 42. The molecule has 6 N–H and O–H groups in total. The van der Waals surface area contributed by atoms with Crippen molar-refractivity contribution in [3.8, 4) is 0 Å². The number of esters is 1. The zero-order valence-electron chi connectivity index (χ0n) is 42.4. The summed E-state index contributed by atoms with van der Waals surface area (Å²) in [6, 6.07) is -1.04. The van der Waals surface area contributed by atoms with Crippen LogP contribution in [0, 0.1) is 0 Å².